The van der Waals surface area contributed by atoms with Crippen LogP contribution in [0.3, 0.4) is 0 Å². The molecule has 0 spiro atoms. The Morgan fingerprint density at radius 3 is 2.28 bits per heavy atom. The molecule has 0 saturated heterocycles. The molecule has 0 atom stereocenters. The van der Waals surface area contributed by atoms with E-state index in [0.29, 0.717) is 17.8 Å². The van der Waals surface area contributed by atoms with E-state index in [1.54, 1.807) is 0 Å². The van der Waals surface area contributed by atoms with Crippen LogP contribution in [0.1, 0.15) is 46.1 Å². The highest BCUT2D eigenvalue weighted by molar-refractivity contribution is 6.17. The Labute approximate surface area is 116 Å². The van der Waals surface area contributed by atoms with Gasteiger partial charge in [0.15, 0.2) is 0 Å². The van der Waals surface area contributed by atoms with E-state index < -0.39 is 0 Å². The van der Waals surface area contributed by atoms with Gasteiger partial charge in [0.05, 0.1) is 0 Å². The standard InChI is InChI=1S/C15H25ClN2/c1-5-14(6-2)18(11-12(3)4)15-8-7-13(9-16)10-17-15/h7-8,10,12,14H,5-6,9,11H2,1-4H3. The van der Waals surface area contributed by atoms with Gasteiger partial charge < -0.3 is 4.90 Å². The molecule has 1 rings (SSSR count). The third-order valence-corrected chi connectivity index (χ3v) is 3.51. The van der Waals surface area contributed by atoms with Gasteiger partial charge in [0.2, 0.25) is 0 Å². The van der Waals surface area contributed by atoms with Crippen molar-refractivity contribution < 1.29 is 0 Å². The van der Waals surface area contributed by atoms with E-state index in [0.717, 1.165) is 30.8 Å². The van der Waals surface area contributed by atoms with Gasteiger partial charge in [0.25, 0.3) is 0 Å². The van der Waals surface area contributed by atoms with Crippen LogP contribution in [0.4, 0.5) is 5.82 Å². The number of anilines is 1. The summed E-state index contributed by atoms with van der Waals surface area (Å²) in [6, 6.07) is 4.74. The van der Waals surface area contributed by atoms with Gasteiger partial charge in [-0.1, -0.05) is 33.8 Å². The maximum Gasteiger partial charge on any atom is 0.128 e. The van der Waals surface area contributed by atoms with Crippen LogP contribution in [-0.4, -0.2) is 17.6 Å². The molecule has 3 heteroatoms. The molecule has 0 saturated carbocycles. The lowest BCUT2D eigenvalue weighted by atomic mass is 10.1. The van der Waals surface area contributed by atoms with Crippen molar-refractivity contribution in [2.24, 2.45) is 5.92 Å². The molecule has 0 aliphatic carbocycles. The predicted molar refractivity (Wildman–Crippen MR) is 80.3 cm³/mol. The number of nitrogens with zero attached hydrogens (tertiary/aromatic N) is 2. The molecule has 0 bridgehead atoms. The summed E-state index contributed by atoms with van der Waals surface area (Å²) in [5.41, 5.74) is 1.08. The van der Waals surface area contributed by atoms with E-state index in [1.807, 2.05) is 6.20 Å². The van der Waals surface area contributed by atoms with E-state index in [9.17, 15) is 0 Å². The topological polar surface area (TPSA) is 16.1 Å². The summed E-state index contributed by atoms with van der Waals surface area (Å²) in [6.07, 6.45) is 4.20. The van der Waals surface area contributed by atoms with E-state index in [2.05, 4.69) is 49.7 Å². The smallest absolute Gasteiger partial charge is 0.128 e. The molecule has 102 valence electrons. The van der Waals surface area contributed by atoms with Gasteiger partial charge in [-0.05, 0) is 30.4 Å². The fourth-order valence-electron chi connectivity index (χ4n) is 2.22. The average molecular weight is 269 g/mol. The van der Waals surface area contributed by atoms with Crippen LogP contribution in [0, 0.1) is 5.92 Å². The van der Waals surface area contributed by atoms with Crippen LogP contribution in [0.15, 0.2) is 18.3 Å². The maximum atomic E-state index is 5.81. The predicted octanol–water partition coefficient (Wildman–Crippen LogP) is 4.47. The zero-order valence-electron chi connectivity index (χ0n) is 12.0. The molecule has 0 unspecified atom stereocenters. The third-order valence-electron chi connectivity index (χ3n) is 3.20. The molecule has 0 radical (unpaired) electrons. The Balaban J connectivity index is 2.92. The van der Waals surface area contributed by atoms with Crippen molar-refractivity contribution in [1.29, 1.82) is 0 Å². The van der Waals surface area contributed by atoms with Crippen molar-refractivity contribution in [3.63, 3.8) is 0 Å². The number of aromatic nitrogens is 1. The van der Waals surface area contributed by atoms with Gasteiger partial charge in [-0.15, -0.1) is 11.6 Å². The highest BCUT2D eigenvalue weighted by atomic mass is 35.5. The van der Waals surface area contributed by atoms with Crippen molar-refractivity contribution in [1.82, 2.24) is 4.98 Å². The zero-order chi connectivity index (χ0) is 13.5. The fourth-order valence-corrected chi connectivity index (χ4v) is 2.38. The minimum Gasteiger partial charge on any atom is -0.353 e. The fraction of sp³-hybridized carbons (Fsp3) is 0.667. The molecule has 1 aromatic heterocycles. The minimum atomic E-state index is 0.530. The largest absolute Gasteiger partial charge is 0.353 e. The van der Waals surface area contributed by atoms with Crippen molar-refractivity contribution in [2.45, 2.75) is 52.5 Å². The second-order valence-electron chi connectivity index (χ2n) is 5.17. The number of rotatable bonds is 7. The number of hydrogen-bond donors (Lipinski definition) is 0. The Morgan fingerprint density at radius 2 is 1.89 bits per heavy atom. The van der Waals surface area contributed by atoms with Crippen LogP contribution in [0.25, 0.3) is 0 Å². The summed E-state index contributed by atoms with van der Waals surface area (Å²) in [5, 5.41) is 0. The van der Waals surface area contributed by atoms with Gasteiger partial charge in [-0.25, -0.2) is 4.98 Å². The molecule has 0 aromatic carbocycles. The Hall–Kier alpha value is -0.760. The number of pyridine rings is 1. The van der Waals surface area contributed by atoms with E-state index in [1.165, 1.54) is 0 Å². The van der Waals surface area contributed by atoms with Crippen molar-refractivity contribution in [2.75, 3.05) is 11.4 Å². The first-order chi connectivity index (χ1) is 8.62. The van der Waals surface area contributed by atoms with E-state index in [4.69, 9.17) is 11.6 Å². The second-order valence-corrected chi connectivity index (χ2v) is 5.44. The molecule has 0 amide bonds. The average Bonchev–Trinajstić information content (AvgIpc) is 2.38. The molecule has 2 nitrogen and oxygen atoms in total. The molecular formula is C15H25ClN2. The van der Waals surface area contributed by atoms with Crippen molar-refractivity contribution in [3.8, 4) is 0 Å². The van der Waals surface area contributed by atoms with Gasteiger partial charge in [-0.3, -0.25) is 0 Å². The third kappa shape index (κ3) is 4.16. The molecule has 0 fully saturated rings. The van der Waals surface area contributed by atoms with Gasteiger partial charge in [-0.2, -0.15) is 0 Å². The summed E-state index contributed by atoms with van der Waals surface area (Å²) in [4.78, 5) is 6.99. The second kappa shape index (κ2) is 7.63. The van der Waals surface area contributed by atoms with Crippen LogP contribution < -0.4 is 4.90 Å². The number of hydrogen-bond acceptors (Lipinski definition) is 2. The Morgan fingerprint density at radius 1 is 1.22 bits per heavy atom. The number of alkyl halides is 1. The van der Waals surface area contributed by atoms with Gasteiger partial charge in [0, 0.05) is 24.7 Å². The van der Waals surface area contributed by atoms with Gasteiger partial charge >= 0.3 is 0 Å². The van der Waals surface area contributed by atoms with Crippen LogP contribution >= 0.6 is 11.6 Å². The first-order valence-electron chi connectivity index (χ1n) is 6.89. The first kappa shape index (κ1) is 15.3. The molecule has 18 heavy (non-hydrogen) atoms. The minimum absolute atomic E-state index is 0.530. The molecule has 0 aliphatic heterocycles. The normalized spacial score (nSPS) is 11.3. The molecular weight excluding hydrogens is 244 g/mol. The lowest BCUT2D eigenvalue weighted by molar-refractivity contribution is 0.503. The van der Waals surface area contributed by atoms with Crippen LogP contribution in [0.2, 0.25) is 0 Å². The van der Waals surface area contributed by atoms with E-state index in [-0.39, 0.29) is 0 Å². The SMILES string of the molecule is CCC(CC)N(CC(C)C)c1ccc(CCl)cn1. The molecule has 1 aromatic rings. The summed E-state index contributed by atoms with van der Waals surface area (Å²) in [6.45, 7) is 10.0. The highest BCUT2D eigenvalue weighted by Gasteiger charge is 2.17. The maximum absolute atomic E-state index is 5.81. The monoisotopic (exact) mass is 268 g/mol. The quantitative estimate of drug-likeness (QED) is 0.678. The van der Waals surface area contributed by atoms with Crippen molar-refractivity contribution in [3.05, 3.63) is 23.9 Å². The summed E-state index contributed by atoms with van der Waals surface area (Å²) in [5.74, 6) is 2.24. The first-order valence-corrected chi connectivity index (χ1v) is 7.43. The van der Waals surface area contributed by atoms with Crippen molar-refractivity contribution >= 4 is 17.4 Å². The lowest BCUT2D eigenvalue weighted by Gasteiger charge is -2.33. The van der Waals surface area contributed by atoms with Crippen LogP contribution in [-0.2, 0) is 5.88 Å². The lowest BCUT2D eigenvalue weighted by Crippen LogP contribution is -2.37. The summed E-state index contributed by atoms with van der Waals surface area (Å²) < 4.78 is 0. The summed E-state index contributed by atoms with van der Waals surface area (Å²) >= 11 is 5.81. The zero-order valence-corrected chi connectivity index (χ0v) is 12.7. The number of halogens is 1. The Bertz CT molecular complexity index is 331. The molecule has 1 heterocycles. The van der Waals surface area contributed by atoms with Crippen LogP contribution in [0.5, 0.6) is 0 Å². The van der Waals surface area contributed by atoms with E-state index >= 15 is 0 Å². The summed E-state index contributed by atoms with van der Waals surface area (Å²) in [7, 11) is 0. The highest BCUT2D eigenvalue weighted by Crippen LogP contribution is 2.20. The molecule has 0 aliphatic rings. The van der Waals surface area contributed by atoms with Gasteiger partial charge in [0.1, 0.15) is 5.82 Å². The molecule has 0 N–H and O–H groups in total. The Kier molecular flexibility index (Phi) is 6.48.